The zero-order valence-corrected chi connectivity index (χ0v) is 12.7. The van der Waals surface area contributed by atoms with Gasteiger partial charge in [0, 0.05) is 23.9 Å². The van der Waals surface area contributed by atoms with Crippen molar-refractivity contribution in [1.82, 2.24) is 4.90 Å². The Morgan fingerprint density at radius 2 is 1.52 bits per heavy atom. The summed E-state index contributed by atoms with van der Waals surface area (Å²) in [6, 6.07) is 14.3. The number of benzene rings is 2. The standard InChI is InChI=1S/C19H17NO3/c21-19(20(8-12-10-22-12)9-13-11-23-13)17-7-3-6-16-14-4-1-2-5-15(14)18(16)17/h1-7,12-13H,8-11H2. The zero-order valence-electron chi connectivity index (χ0n) is 12.7. The van der Waals surface area contributed by atoms with Gasteiger partial charge in [-0.1, -0.05) is 36.4 Å². The molecule has 2 unspecified atom stereocenters. The van der Waals surface area contributed by atoms with E-state index in [0.717, 1.165) is 24.0 Å². The molecule has 2 aliphatic heterocycles. The minimum absolute atomic E-state index is 0.0855. The smallest absolute Gasteiger partial charge is 0.254 e. The minimum atomic E-state index is 0.0855. The van der Waals surface area contributed by atoms with Crippen LogP contribution in [0, 0.1) is 20.9 Å². The van der Waals surface area contributed by atoms with E-state index in [1.54, 1.807) is 0 Å². The lowest BCUT2D eigenvalue weighted by Crippen LogP contribution is -2.37. The van der Waals surface area contributed by atoms with Crippen molar-refractivity contribution < 1.29 is 14.3 Å². The van der Waals surface area contributed by atoms with Crippen LogP contribution in [0.5, 0.6) is 0 Å². The summed E-state index contributed by atoms with van der Waals surface area (Å²) in [5.41, 5.74) is 0.794. The van der Waals surface area contributed by atoms with E-state index in [1.165, 1.54) is 15.7 Å². The van der Waals surface area contributed by atoms with Crippen LogP contribution in [0.3, 0.4) is 0 Å². The van der Waals surface area contributed by atoms with Crippen molar-refractivity contribution >= 4 is 5.91 Å². The Kier molecular flexibility index (Phi) is 2.84. The largest absolute Gasteiger partial charge is 0.371 e. The van der Waals surface area contributed by atoms with Crippen LogP contribution in [0.4, 0.5) is 0 Å². The van der Waals surface area contributed by atoms with Gasteiger partial charge in [0.2, 0.25) is 0 Å². The van der Waals surface area contributed by atoms with Gasteiger partial charge >= 0.3 is 0 Å². The molecule has 4 nitrogen and oxygen atoms in total. The number of ether oxygens (including phenoxy) is 2. The number of rotatable bonds is 5. The molecule has 1 aliphatic carbocycles. The van der Waals surface area contributed by atoms with E-state index in [2.05, 4.69) is 18.2 Å². The molecule has 2 atom stereocenters. The first kappa shape index (κ1) is 13.3. The third-order valence-electron chi connectivity index (χ3n) is 4.72. The lowest BCUT2D eigenvalue weighted by molar-refractivity contribution is 0.0728. The SMILES string of the molecule is O=C(c1cccc2c1=c1ccccc1=2)N(CC1CO1)CC1CO1. The summed E-state index contributed by atoms with van der Waals surface area (Å²) in [6.07, 6.45) is 0.388. The first-order chi connectivity index (χ1) is 11.3. The lowest BCUT2D eigenvalue weighted by Gasteiger charge is -2.22. The van der Waals surface area contributed by atoms with Gasteiger partial charge in [-0.3, -0.25) is 4.79 Å². The molecule has 0 N–H and O–H groups in total. The predicted molar refractivity (Wildman–Crippen MR) is 83.6 cm³/mol. The first-order valence-electron chi connectivity index (χ1n) is 8.06. The number of amides is 1. The molecule has 0 bridgehead atoms. The predicted octanol–water partition coefficient (Wildman–Crippen LogP) is 1.81. The average molecular weight is 307 g/mol. The second-order valence-corrected chi connectivity index (χ2v) is 6.39. The molecule has 4 heteroatoms. The molecule has 0 saturated carbocycles. The van der Waals surface area contributed by atoms with Gasteiger partial charge in [-0.15, -0.1) is 0 Å². The second-order valence-electron chi connectivity index (χ2n) is 6.39. The number of carbonyl (C=O) groups excluding carboxylic acids is 1. The number of hydrogen-bond donors (Lipinski definition) is 0. The Hall–Kier alpha value is -2.17. The van der Waals surface area contributed by atoms with Gasteiger partial charge in [0.05, 0.1) is 25.4 Å². The van der Waals surface area contributed by atoms with Crippen LogP contribution in [0.25, 0.3) is 0 Å². The van der Waals surface area contributed by atoms with Crippen molar-refractivity contribution in [3.05, 3.63) is 68.9 Å². The van der Waals surface area contributed by atoms with Gasteiger partial charge in [-0.25, -0.2) is 0 Å². The number of hydrogen-bond acceptors (Lipinski definition) is 3. The maximum Gasteiger partial charge on any atom is 0.254 e. The lowest BCUT2D eigenvalue weighted by atomic mass is 9.96. The second kappa shape index (κ2) is 4.91. The average Bonchev–Trinajstić information content (AvgIpc) is 3.46. The summed E-state index contributed by atoms with van der Waals surface area (Å²) in [7, 11) is 0. The monoisotopic (exact) mass is 307 g/mol. The van der Waals surface area contributed by atoms with Gasteiger partial charge < -0.3 is 14.4 Å². The molecular formula is C19H17NO3. The molecule has 2 aromatic rings. The molecule has 23 heavy (non-hydrogen) atoms. The number of fused-ring (bicyclic) bond motifs is 2. The zero-order chi connectivity index (χ0) is 15.4. The van der Waals surface area contributed by atoms with Gasteiger partial charge in [0.15, 0.2) is 0 Å². The highest BCUT2D eigenvalue weighted by Crippen LogP contribution is 2.21. The summed E-state index contributed by atoms with van der Waals surface area (Å²) < 4.78 is 10.6. The summed E-state index contributed by atoms with van der Waals surface area (Å²) in [6.45, 7) is 2.82. The van der Waals surface area contributed by atoms with Crippen molar-refractivity contribution in [2.45, 2.75) is 12.2 Å². The molecule has 2 heterocycles. The summed E-state index contributed by atoms with van der Waals surface area (Å²) in [4.78, 5) is 15.0. The van der Waals surface area contributed by atoms with Crippen molar-refractivity contribution in [2.24, 2.45) is 0 Å². The van der Waals surface area contributed by atoms with Crippen LogP contribution in [0.15, 0.2) is 42.5 Å². The Labute approximate surface area is 133 Å². The molecule has 5 rings (SSSR count). The third-order valence-corrected chi connectivity index (χ3v) is 4.72. The molecule has 2 fully saturated rings. The van der Waals surface area contributed by atoms with Gasteiger partial charge in [0.1, 0.15) is 0 Å². The number of carbonyl (C=O) groups is 1. The Morgan fingerprint density at radius 3 is 2.17 bits per heavy atom. The van der Waals surface area contributed by atoms with E-state index >= 15 is 0 Å². The van der Waals surface area contributed by atoms with Crippen LogP contribution in [0.1, 0.15) is 10.4 Å². The van der Waals surface area contributed by atoms with E-state index in [-0.39, 0.29) is 18.1 Å². The fourth-order valence-corrected chi connectivity index (χ4v) is 3.37. The summed E-state index contributed by atoms with van der Waals surface area (Å²) in [5.74, 6) is 0.0855. The number of epoxide rings is 2. The van der Waals surface area contributed by atoms with Gasteiger partial charge in [-0.2, -0.15) is 0 Å². The van der Waals surface area contributed by atoms with Crippen molar-refractivity contribution in [3.8, 4) is 0 Å². The fourth-order valence-electron chi connectivity index (χ4n) is 3.37. The minimum Gasteiger partial charge on any atom is -0.371 e. The van der Waals surface area contributed by atoms with Crippen molar-refractivity contribution in [1.29, 1.82) is 0 Å². The van der Waals surface area contributed by atoms with Gasteiger partial charge in [-0.05, 0) is 21.7 Å². The Bertz CT molecular complexity index is 962. The van der Waals surface area contributed by atoms with Crippen LogP contribution in [-0.4, -0.2) is 49.3 Å². The normalized spacial score (nSPS) is 22.6. The highest BCUT2D eigenvalue weighted by Gasteiger charge is 2.33. The van der Waals surface area contributed by atoms with Crippen molar-refractivity contribution in [3.63, 3.8) is 0 Å². The molecular weight excluding hydrogens is 290 g/mol. The highest BCUT2D eigenvalue weighted by atomic mass is 16.6. The first-order valence-corrected chi connectivity index (χ1v) is 8.06. The third kappa shape index (κ3) is 2.26. The van der Waals surface area contributed by atoms with Crippen LogP contribution >= 0.6 is 0 Å². The molecule has 0 radical (unpaired) electrons. The molecule has 1 amide bonds. The molecule has 116 valence electrons. The maximum absolute atomic E-state index is 13.1. The highest BCUT2D eigenvalue weighted by molar-refractivity contribution is 5.95. The van der Waals surface area contributed by atoms with E-state index in [9.17, 15) is 4.79 Å². The molecule has 0 spiro atoms. The Morgan fingerprint density at radius 1 is 0.913 bits per heavy atom. The molecule has 2 saturated heterocycles. The topological polar surface area (TPSA) is 45.4 Å². The van der Waals surface area contributed by atoms with E-state index in [4.69, 9.17) is 9.47 Å². The van der Waals surface area contributed by atoms with Crippen molar-refractivity contribution in [2.75, 3.05) is 26.3 Å². The van der Waals surface area contributed by atoms with E-state index in [1.807, 2.05) is 29.2 Å². The number of nitrogens with zero attached hydrogens (tertiary/aromatic N) is 1. The summed E-state index contributed by atoms with van der Waals surface area (Å²) >= 11 is 0. The Balaban J connectivity index is 1.57. The molecule has 2 aromatic carbocycles. The van der Waals surface area contributed by atoms with E-state index in [0.29, 0.717) is 13.1 Å². The maximum atomic E-state index is 13.1. The molecule has 3 aliphatic rings. The van der Waals surface area contributed by atoms with Gasteiger partial charge in [0.25, 0.3) is 5.91 Å². The van der Waals surface area contributed by atoms with Crippen LogP contribution in [-0.2, 0) is 9.47 Å². The van der Waals surface area contributed by atoms with Crippen LogP contribution in [0.2, 0.25) is 0 Å². The quantitative estimate of drug-likeness (QED) is 0.675. The molecule has 0 aromatic heterocycles. The van der Waals surface area contributed by atoms with Crippen LogP contribution < -0.4 is 0 Å². The van der Waals surface area contributed by atoms with E-state index < -0.39 is 0 Å². The fraction of sp³-hybridized carbons (Fsp3) is 0.316. The summed E-state index contributed by atoms with van der Waals surface area (Å²) in [5, 5.41) is 4.68.